The van der Waals surface area contributed by atoms with E-state index in [1.807, 2.05) is 29.0 Å². The van der Waals surface area contributed by atoms with Crippen LogP contribution in [0.5, 0.6) is 0 Å². The summed E-state index contributed by atoms with van der Waals surface area (Å²) in [4.78, 5) is 10.7. The average Bonchev–Trinajstić information content (AvgIpc) is 2.85. The van der Waals surface area contributed by atoms with Crippen LogP contribution in [-0.4, -0.2) is 9.49 Å². The van der Waals surface area contributed by atoms with E-state index in [-0.39, 0.29) is 5.69 Å². The zero-order chi connectivity index (χ0) is 15.0. The number of fused-ring (bicyclic) bond motifs is 1. The molecule has 106 valence electrons. The summed E-state index contributed by atoms with van der Waals surface area (Å²) in [7, 11) is 0. The van der Waals surface area contributed by atoms with Crippen molar-refractivity contribution in [2.24, 2.45) is 0 Å². The molecule has 0 fully saturated rings. The van der Waals surface area contributed by atoms with E-state index in [2.05, 4.69) is 0 Å². The number of aromatic nitrogens is 1. The van der Waals surface area contributed by atoms with Gasteiger partial charge in [-0.25, -0.2) is 0 Å². The summed E-state index contributed by atoms with van der Waals surface area (Å²) >= 11 is 12.4. The van der Waals surface area contributed by atoms with Crippen molar-refractivity contribution in [2.45, 2.75) is 6.54 Å². The van der Waals surface area contributed by atoms with E-state index in [4.69, 9.17) is 23.2 Å². The fraction of sp³-hybridized carbons (Fsp3) is 0.0667. The molecular formula is C15H10Cl2N2O2. The largest absolute Gasteiger partial charge is 0.342 e. The highest BCUT2D eigenvalue weighted by Crippen LogP contribution is 2.30. The lowest BCUT2D eigenvalue weighted by atomic mass is 10.1. The van der Waals surface area contributed by atoms with Crippen LogP contribution in [-0.2, 0) is 6.54 Å². The Hall–Kier alpha value is -2.04. The molecule has 0 N–H and O–H groups in total. The van der Waals surface area contributed by atoms with Gasteiger partial charge in [-0.05, 0) is 18.2 Å². The van der Waals surface area contributed by atoms with Crippen molar-refractivity contribution in [3.8, 4) is 0 Å². The molecule has 6 heteroatoms. The minimum atomic E-state index is -0.422. The first-order valence-corrected chi connectivity index (χ1v) is 6.98. The zero-order valence-corrected chi connectivity index (χ0v) is 12.3. The summed E-state index contributed by atoms with van der Waals surface area (Å²) in [6, 6.07) is 12.2. The average molecular weight is 321 g/mol. The number of halogens is 2. The molecule has 0 aliphatic rings. The van der Waals surface area contributed by atoms with Crippen molar-refractivity contribution < 1.29 is 4.92 Å². The van der Waals surface area contributed by atoms with Crippen LogP contribution < -0.4 is 0 Å². The number of benzene rings is 2. The maximum atomic E-state index is 11.1. The lowest BCUT2D eigenvalue weighted by Crippen LogP contribution is -2.03. The molecule has 0 saturated carbocycles. The smallest absolute Gasteiger partial charge is 0.275 e. The molecule has 0 radical (unpaired) electrons. The van der Waals surface area contributed by atoms with Gasteiger partial charge in [0.2, 0.25) is 0 Å². The standard InChI is InChI=1S/C15H10Cl2N2O2/c16-12-4-2-6-14(19(20)21)11(12)9-18-8-7-10-3-1-5-13(17)15(10)18/h1-8H,9H2. The van der Waals surface area contributed by atoms with Crippen LogP contribution in [0.4, 0.5) is 5.69 Å². The van der Waals surface area contributed by atoms with Crippen molar-refractivity contribution in [1.82, 2.24) is 4.57 Å². The number of nitro groups is 1. The number of rotatable bonds is 3. The Kier molecular flexibility index (Phi) is 3.57. The van der Waals surface area contributed by atoms with Crippen LogP contribution in [0.3, 0.4) is 0 Å². The number of hydrogen-bond acceptors (Lipinski definition) is 2. The van der Waals surface area contributed by atoms with E-state index in [1.54, 1.807) is 18.2 Å². The van der Waals surface area contributed by atoms with Gasteiger partial charge in [-0.3, -0.25) is 10.1 Å². The third-order valence-electron chi connectivity index (χ3n) is 3.36. The third kappa shape index (κ3) is 2.48. The van der Waals surface area contributed by atoms with E-state index in [0.717, 1.165) is 10.9 Å². The van der Waals surface area contributed by atoms with Crippen molar-refractivity contribution in [2.75, 3.05) is 0 Å². The molecular weight excluding hydrogens is 311 g/mol. The van der Waals surface area contributed by atoms with Gasteiger partial charge < -0.3 is 4.57 Å². The van der Waals surface area contributed by atoms with E-state index in [1.165, 1.54) is 6.07 Å². The van der Waals surface area contributed by atoms with Gasteiger partial charge >= 0.3 is 0 Å². The summed E-state index contributed by atoms with van der Waals surface area (Å²) < 4.78 is 1.87. The van der Waals surface area contributed by atoms with Gasteiger partial charge in [0.15, 0.2) is 0 Å². The highest BCUT2D eigenvalue weighted by molar-refractivity contribution is 6.35. The molecule has 3 rings (SSSR count). The van der Waals surface area contributed by atoms with Gasteiger partial charge in [0, 0.05) is 17.6 Å². The lowest BCUT2D eigenvalue weighted by Gasteiger charge is -2.09. The summed E-state index contributed by atoms with van der Waals surface area (Å²) in [6.07, 6.45) is 1.85. The SMILES string of the molecule is O=[N+]([O-])c1cccc(Cl)c1Cn1ccc2cccc(Cl)c21. The molecule has 0 amide bonds. The molecule has 0 bridgehead atoms. The summed E-state index contributed by atoms with van der Waals surface area (Å²) in [5.74, 6) is 0. The van der Waals surface area contributed by atoms with Crippen molar-refractivity contribution >= 4 is 39.8 Å². The van der Waals surface area contributed by atoms with Crippen molar-refractivity contribution in [3.63, 3.8) is 0 Å². The fourth-order valence-corrected chi connectivity index (χ4v) is 2.91. The summed E-state index contributed by atoms with van der Waals surface area (Å²) in [5.41, 5.74) is 1.33. The second-order valence-electron chi connectivity index (χ2n) is 4.62. The Balaban J connectivity index is 2.14. The summed E-state index contributed by atoms with van der Waals surface area (Å²) in [5, 5.41) is 13.1. The molecule has 0 atom stereocenters. The van der Waals surface area contributed by atoms with Crippen LogP contribution in [0.25, 0.3) is 10.9 Å². The Morgan fingerprint density at radius 1 is 1.05 bits per heavy atom. The van der Waals surface area contributed by atoms with E-state index in [0.29, 0.717) is 22.2 Å². The van der Waals surface area contributed by atoms with Crippen molar-refractivity contribution in [1.29, 1.82) is 0 Å². The molecule has 3 aromatic rings. The number of para-hydroxylation sites is 1. The van der Waals surface area contributed by atoms with Crippen molar-refractivity contribution in [3.05, 3.63) is 74.4 Å². The first kappa shape index (κ1) is 13.9. The highest BCUT2D eigenvalue weighted by atomic mass is 35.5. The van der Waals surface area contributed by atoms with E-state index < -0.39 is 4.92 Å². The predicted octanol–water partition coefficient (Wildman–Crippen LogP) is 4.90. The molecule has 2 aromatic carbocycles. The number of hydrogen-bond donors (Lipinski definition) is 0. The predicted molar refractivity (Wildman–Crippen MR) is 84.2 cm³/mol. The van der Waals surface area contributed by atoms with Crippen LogP contribution in [0.2, 0.25) is 10.0 Å². The highest BCUT2D eigenvalue weighted by Gasteiger charge is 2.18. The number of nitrogens with zero attached hydrogens (tertiary/aromatic N) is 2. The molecule has 1 aromatic heterocycles. The van der Waals surface area contributed by atoms with E-state index >= 15 is 0 Å². The van der Waals surface area contributed by atoms with Crippen LogP contribution >= 0.6 is 23.2 Å². The van der Waals surface area contributed by atoms with Crippen LogP contribution in [0, 0.1) is 10.1 Å². The molecule has 0 aliphatic carbocycles. The normalized spacial score (nSPS) is 11.0. The van der Waals surface area contributed by atoms with Crippen LogP contribution in [0.15, 0.2) is 48.7 Å². The van der Waals surface area contributed by atoms with Gasteiger partial charge in [-0.2, -0.15) is 0 Å². The van der Waals surface area contributed by atoms with Gasteiger partial charge in [0.25, 0.3) is 5.69 Å². The molecule has 0 unspecified atom stereocenters. The fourth-order valence-electron chi connectivity index (χ4n) is 2.39. The second-order valence-corrected chi connectivity index (χ2v) is 5.43. The first-order valence-electron chi connectivity index (χ1n) is 6.23. The molecule has 1 heterocycles. The summed E-state index contributed by atoms with van der Waals surface area (Å²) in [6.45, 7) is 0.295. The quantitative estimate of drug-likeness (QED) is 0.508. The third-order valence-corrected chi connectivity index (χ3v) is 4.02. The minimum absolute atomic E-state index is 0.0106. The maximum absolute atomic E-state index is 11.1. The molecule has 4 nitrogen and oxygen atoms in total. The number of nitro benzene ring substituents is 1. The Bertz CT molecular complexity index is 843. The van der Waals surface area contributed by atoms with Crippen LogP contribution in [0.1, 0.15) is 5.56 Å². The minimum Gasteiger partial charge on any atom is -0.342 e. The van der Waals surface area contributed by atoms with Gasteiger partial charge in [0.05, 0.1) is 32.6 Å². The second kappa shape index (κ2) is 5.39. The lowest BCUT2D eigenvalue weighted by molar-refractivity contribution is -0.385. The van der Waals surface area contributed by atoms with Gasteiger partial charge in [-0.1, -0.05) is 41.4 Å². The topological polar surface area (TPSA) is 48.1 Å². The molecule has 21 heavy (non-hydrogen) atoms. The monoisotopic (exact) mass is 320 g/mol. The first-order chi connectivity index (χ1) is 10.1. The molecule has 0 aliphatic heterocycles. The Morgan fingerprint density at radius 2 is 1.76 bits per heavy atom. The maximum Gasteiger partial charge on any atom is 0.275 e. The zero-order valence-electron chi connectivity index (χ0n) is 10.8. The molecule has 0 saturated heterocycles. The van der Waals surface area contributed by atoms with Gasteiger partial charge in [-0.15, -0.1) is 0 Å². The van der Waals surface area contributed by atoms with E-state index in [9.17, 15) is 10.1 Å². The molecule has 0 spiro atoms. The van der Waals surface area contributed by atoms with Gasteiger partial charge in [0.1, 0.15) is 0 Å². The Morgan fingerprint density at radius 3 is 2.52 bits per heavy atom. The Labute approximate surface area is 130 Å².